The molecule has 0 saturated carbocycles. The van der Waals surface area contributed by atoms with Gasteiger partial charge in [0.2, 0.25) is 0 Å². The molecule has 2 aliphatic heterocycles. The molecule has 2 fully saturated rings. The monoisotopic (exact) mass is 241 g/mol. The van der Waals surface area contributed by atoms with E-state index in [0.717, 1.165) is 0 Å². The molecule has 5 nitrogen and oxygen atoms in total. The molecule has 4 unspecified atom stereocenters. The van der Waals surface area contributed by atoms with Crippen LogP contribution in [-0.2, 0) is 0 Å². The van der Waals surface area contributed by atoms with Gasteiger partial charge < -0.3 is 0 Å². The van der Waals surface area contributed by atoms with Crippen molar-refractivity contribution in [3.05, 3.63) is 0 Å². The van der Waals surface area contributed by atoms with E-state index >= 15 is 0 Å². The summed E-state index contributed by atoms with van der Waals surface area (Å²) < 4.78 is 0. The van der Waals surface area contributed by atoms with Gasteiger partial charge in [0.25, 0.3) is 0 Å². The van der Waals surface area contributed by atoms with Gasteiger partial charge in [-0.25, -0.2) is 10.9 Å². The molecule has 0 aliphatic carbocycles. The molecule has 2 rings (SSSR count). The van der Waals surface area contributed by atoms with Crippen LogP contribution in [0.4, 0.5) is 0 Å². The van der Waals surface area contributed by atoms with Crippen LogP contribution in [-0.4, -0.2) is 30.6 Å². The highest BCUT2D eigenvalue weighted by Gasteiger charge is 2.42. The lowest BCUT2D eigenvalue weighted by molar-refractivity contribution is 0.252. The standard InChI is InChI=1S/C12H27N5/c1-6(2)9(7(3)4)15-12-10-11(16-17-12)14-8(5)13-10/h6-17H,1-5H3. The minimum Gasteiger partial charge on any atom is -0.296 e. The molecule has 5 N–H and O–H groups in total. The second kappa shape index (κ2) is 5.20. The molecule has 5 heteroatoms. The van der Waals surface area contributed by atoms with Crippen molar-refractivity contribution in [2.45, 2.75) is 65.2 Å². The Morgan fingerprint density at radius 2 is 1.59 bits per heavy atom. The van der Waals surface area contributed by atoms with Crippen LogP contribution in [0.25, 0.3) is 0 Å². The van der Waals surface area contributed by atoms with Gasteiger partial charge in [-0.15, -0.1) is 0 Å². The van der Waals surface area contributed by atoms with Gasteiger partial charge in [0.15, 0.2) is 0 Å². The Balaban J connectivity index is 1.94. The third-order valence-corrected chi connectivity index (χ3v) is 3.79. The van der Waals surface area contributed by atoms with Crippen molar-refractivity contribution in [3.63, 3.8) is 0 Å². The fraction of sp³-hybridized carbons (Fsp3) is 1.00. The maximum atomic E-state index is 3.73. The zero-order valence-electron chi connectivity index (χ0n) is 11.5. The molecule has 2 heterocycles. The van der Waals surface area contributed by atoms with Crippen LogP contribution in [0.2, 0.25) is 0 Å². The normalized spacial score (nSPS) is 37.4. The summed E-state index contributed by atoms with van der Waals surface area (Å²) in [4.78, 5) is 0. The molecule has 0 bridgehead atoms. The van der Waals surface area contributed by atoms with Gasteiger partial charge in [0.1, 0.15) is 0 Å². The van der Waals surface area contributed by atoms with E-state index in [2.05, 4.69) is 61.4 Å². The van der Waals surface area contributed by atoms with E-state index in [0.29, 0.717) is 36.3 Å². The van der Waals surface area contributed by atoms with Crippen molar-refractivity contribution in [3.8, 4) is 0 Å². The van der Waals surface area contributed by atoms with Gasteiger partial charge in [-0.2, -0.15) is 0 Å². The van der Waals surface area contributed by atoms with Crippen LogP contribution >= 0.6 is 0 Å². The van der Waals surface area contributed by atoms with Crippen LogP contribution in [0.5, 0.6) is 0 Å². The Hall–Kier alpha value is -0.200. The highest BCUT2D eigenvalue weighted by atomic mass is 15.6. The van der Waals surface area contributed by atoms with Crippen molar-refractivity contribution in [1.29, 1.82) is 0 Å². The largest absolute Gasteiger partial charge is 0.296 e. The molecule has 17 heavy (non-hydrogen) atoms. The van der Waals surface area contributed by atoms with E-state index in [1.54, 1.807) is 0 Å². The number of hydrogen-bond acceptors (Lipinski definition) is 5. The van der Waals surface area contributed by atoms with E-state index < -0.39 is 0 Å². The molecular formula is C12H27N5. The van der Waals surface area contributed by atoms with Gasteiger partial charge in [-0.1, -0.05) is 27.7 Å². The second-order valence-electron chi connectivity index (χ2n) is 6.01. The predicted octanol–water partition coefficient (Wildman–Crippen LogP) is -0.0760. The molecule has 0 radical (unpaired) electrons. The minimum atomic E-state index is 0.284. The summed E-state index contributed by atoms with van der Waals surface area (Å²) in [5.74, 6) is 1.28. The van der Waals surface area contributed by atoms with Crippen molar-refractivity contribution in [1.82, 2.24) is 26.8 Å². The number of fused-ring (bicyclic) bond motifs is 1. The average molecular weight is 241 g/mol. The Bertz CT molecular complexity index is 247. The molecule has 2 aliphatic rings. The molecule has 100 valence electrons. The first kappa shape index (κ1) is 13.2. The molecule has 4 atom stereocenters. The Kier molecular flexibility index (Phi) is 4.05. The van der Waals surface area contributed by atoms with Gasteiger partial charge >= 0.3 is 0 Å². The molecule has 0 aromatic carbocycles. The highest BCUT2D eigenvalue weighted by Crippen LogP contribution is 2.16. The molecule has 0 aromatic heterocycles. The van der Waals surface area contributed by atoms with Crippen LogP contribution in [0.3, 0.4) is 0 Å². The van der Waals surface area contributed by atoms with Gasteiger partial charge in [0, 0.05) is 6.04 Å². The highest BCUT2D eigenvalue weighted by molar-refractivity contribution is 5.01. The summed E-state index contributed by atoms with van der Waals surface area (Å²) in [5, 5.41) is 10.7. The topological polar surface area (TPSA) is 60.1 Å². The lowest BCUT2D eigenvalue weighted by Crippen LogP contribution is -2.57. The lowest BCUT2D eigenvalue weighted by atomic mass is 9.92. The average Bonchev–Trinajstić information content (AvgIpc) is 2.73. The maximum absolute atomic E-state index is 3.73. The van der Waals surface area contributed by atoms with Crippen molar-refractivity contribution in [2.75, 3.05) is 0 Å². The SMILES string of the molecule is CC1NC2NNC(NC(C(C)C)C(C)C)C2N1. The minimum absolute atomic E-state index is 0.284. The zero-order valence-corrected chi connectivity index (χ0v) is 11.5. The number of hydrogen-bond donors (Lipinski definition) is 5. The van der Waals surface area contributed by atoms with Crippen LogP contribution in [0.1, 0.15) is 34.6 Å². The third kappa shape index (κ3) is 2.80. The predicted molar refractivity (Wildman–Crippen MR) is 70.0 cm³/mol. The Morgan fingerprint density at radius 1 is 0.941 bits per heavy atom. The lowest BCUT2D eigenvalue weighted by Gasteiger charge is -2.31. The third-order valence-electron chi connectivity index (χ3n) is 3.79. The molecule has 0 aromatic rings. The van der Waals surface area contributed by atoms with Crippen molar-refractivity contribution in [2.24, 2.45) is 11.8 Å². The van der Waals surface area contributed by atoms with E-state index in [4.69, 9.17) is 0 Å². The van der Waals surface area contributed by atoms with Gasteiger partial charge in [-0.05, 0) is 18.8 Å². The fourth-order valence-corrected chi connectivity index (χ4v) is 3.00. The quantitative estimate of drug-likeness (QED) is 0.477. The molecule has 2 saturated heterocycles. The summed E-state index contributed by atoms with van der Waals surface area (Å²) in [6.07, 6.45) is 0.982. The number of rotatable bonds is 4. The van der Waals surface area contributed by atoms with Gasteiger partial charge in [0.05, 0.1) is 24.5 Å². The second-order valence-corrected chi connectivity index (χ2v) is 6.01. The zero-order chi connectivity index (χ0) is 12.6. The van der Waals surface area contributed by atoms with E-state index in [1.165, 1.54) is 0 Å². The first-order valence-electron chi connectivity index (χ1n) is 6.78. The van der Waals surface area contributed by atoms with E-state index in [1.807, 2.05) is 0 Å². The van der Waals surface area contributed by atoms with Crippen LogP contribution in [0, 0.1) is 11.8 Å². The molecular weight excluding hydrogens is 214 g/mol. The van der Waals surface area contributed by atoms with Gasteiger partial charge in [-0.3, -0.25) is 16.0 Å². The van der Waals surface area contributed by atoms with Crippen molar-refractivity contribution >= 4 is 0 Å². The first-order valence-corrected chi connectivity index (χ1v) is 6.78. The van der Waals surface area contributed by atoms with Crippen LogP contribution in [0.15, 0.2) is 0 Å². The number of nitrogens with one attached hydrogen (secondary N) is 5. The number of hydrazine groups is 1. The first-order chi connectivity index (χ1) is 7.99. The summed E-state index contributed by atoms with van der Waals surface area (Å²) in [6, 6.07) is 0.941. The summed E-state index contributed by atoms with van der Waals surface area (Å²) >= 11 is 0. The molecule has 0 amide bonds. The Labute approximate surface area is 104 Å². The summed E-state index contributed by atoms with van der Waals surface area (Å²) in [7, 11) is 0. The molecule has 0 spiro atoms. The van der Waals surface area contributed by atoms with E-state index in [-0.39, 0.29) is 6.17 Å². The summed E-state index contributed by atoms with van der Waals surface area (Å²) in [5.41, 5.74) is 6.63. The maximum Gasteiger partial charge on any atom is 0.0901 e. The summed E-state index contributed by atoms with van der Waals surface area (Å²) in [6.45, 7) is 11.3. The smallest absolute Gasteiger partial charge is 0.0901 e. The van der Waals surface area contributed by atoms with Crippen LogP contribution < -0.4 is 26.8 Å². The van der Waals surface area contributed by atoms with E-state index in [9.17, 15) is 0 Å². The van der Waals surface area contributed by atoms with Crippen molar-refractivity contribution < 1.29 is 0 Å². The fourth-order valence-electron chi connectivity index (χ4n) is 3.00. The Morgan fingerprint density at radius 3 is 2.18 bits per heavy atom.